The van der Waals surface area contributed by atoms with E-state index in [4.69, 9.17) is 0 Å². The van der Waals surface area contributed by atoms with Crippen molar-refractivity contribution in [1.29, 1.82) is 0 Å². The van der Waals surface area contributed by atoms with Crippen molar-refractivity contribution in [3.63, 3.8) is 0 Å². The van der Waals surface area contributed by atoms with Crippen LogP contribution in [0.15, 0.2) is 0 Å². The van der Waals surface area contributed by atoms with Gasteiger partial charge in [0.15, 0.2) is 0 Å². The van der Waals surface area contributed by atoms with Crippen LogP contribution in [-0.4, -0.2) is 40.6 Å². The standard InChI is InChI=1S/C15H28N2O3/c1-11(2)12(3)16-14(20)17(4)15(10-13(18)19)8-6-5-7-9-15/h11-12H,5-10H2,1-4H3,(H,16,20)(H,18,19). The van der Waals surface area contributed by atoms with Crippen molar-refractivity contribution in [1.82, 2.24) is 10.2 Å². The van der Waals surface area contributed by atoms with E-state index in [1.807, 2.05) is 6.92 Å². The smallest absolute Gasteiger partial charge is 0.317 e. The molecule has 5 nitrogen and oxygen atoms in total. The summed E-state index contributed by atoms with van der Waals surface area (Å²) in [5, 5.41) is 12.1. The minimum absolute atomic E-state index is 0.0347. The molecule has 0 aromatic heterocycles. The predicted octanol–water partition coefficient (Wildman–Crippen LogP) is 2.85. The van der Waals surface area contributed by atoms with Crippen molar-refractivity contribution in [2.45, 2.75) is 70.9 Å². The van der Waals surface area contributed by atoms with Gasteiger partial charge in [-0.1, -0.05) is 33.1 Å². The normalized spacial score (nSPS) is 19.4. The average molecular weight is 284 g/mol. The fourth-order valence-corrected chi connectivity index (χ4v) is 2.80. The molecule has 2 N–H and O–H groups in total. The highest BCUT2D eigenvalue weighted by atomic mass is 16.4. The minimum atomic E-state index is -0.830. The van der Waals surface area contributed by atoms with Gasteiger partial charge in [-0.2, -0.15) is 0 Å². The Balaban J connectivity index is 2.79. The first-order chi connectivity index (χ1) is 9.28. The summed E-state index contributed by atoms with van der Waals surface area (Å²) >= 11 is 0. The van der Waals surface area contributed by atoms with Crippen LogP contribution >= 0.6 is 0 Å². The molecule has 116 valence electrons. The summed E-state index contributed by atoms with van der Waals surface area (Å²) < 4.78 is 0. The van der Waals surface area contributed by atoms with Gasteiger partial charge < -0.3 is 15.3 Å². The van der Waals surface area contributed by atoms with E-state index in [-0.39, 0.29) is 18.5 Å². The molecule has 0 aromatic rings. The molecule has 1 fully saturated rings. The molecule has 0 radical (unpaired) electrons. The molecule has 0 spiro atoms. The van der Waals surface area contributed by atoms with Crippen molar-refractivity contribution >= 4 is 12.0 Å². The molecule has 0 heterocycles. The Morgan fingerprint density at radius 3 is 2.20 bits per heavy atom. The lowest BCUT2D eigenvalue weighted by Crippen LogP contribution is -2.56. The fourth-order valence-electron chi connectivity index (χ4n) is 2.80. The largest absolute Gasteiger partial charge is 0.481 e. The lowest BCUT2D eigenvalue weighted by molar-refractivity contribution is -0.140. The first-order valence-electron chi connectivity index (χ1n) is 7.54. The van der Waals surface area contributed by atoms with Crippen molar-refractivity contribution in [3.05, 3.63) is 0 Å². The molecule has 1 saturated carbocycles. The fraction of sp³-hybridized carbons (Fsp3) is 0.867. The number of hydrogen-bond acceptors (Lipinski definition) is 2. The van der Waals surface area contributed by atoms with E-state index in [9.17, 15) is 14.7 Å². The molecule has 0 saturated heterocycles. The average Bonchev–Trinajstić information content (AvgIpc) is 2.37. The van der Waals surface area contributed by atoms with E-state index in [1.165, 1.54) is 0 Å². The molecule has 1 aliphatic carbocycles. The Bertz CT molecular complexity index is 349. The Hall–Kier alpha value is -1.26. The Kier molecular flexibility index (Phi) is 5.84. The first-order valence-corrected chi connectivity index (χ1v) is 7.54. The predicted molar refractivity (Wildman–Crippen MR) is 78.7 cm³/mol. The third kappa shape index (κ3) is 4.12. The van der Waals surface area contributed by atoms with Gasteiger partial charge in [0, 0.05) is 13.1 Å². The minimum Gasteiger partial charge on any atom is -0.481 e. The highest BCUT2D eigenvalue weighted by Gasteiger charge is 2.40. The quantitative estimate of drug-likeness (QED) is 0.815. The number of aliphatic carboxylic acids is 1. The summed E-state index contributed by atoms with van der Waals surface area (Å²) in [6.45, 7) is 6.08. The maximum absolute atomic E-state index is 12.4. The molecule has 0 bridgehead atoms. The van der Waals surface area contributed by atoms with E-state index in [0.29, 0.717) is 5.92 Å². The van der Waals surface area contributed by atoms with E-state index >= 15 is 0 Å². The number of carbonyl (C=O) groups excluding carboxylic acids is 1. The molecule has 5 heteroatoms. The van der Waals surface area contributed by atoms with E-state index in [2.05, 4.69) is 19.2 Å². The molecular weight excluding hydrogens is 256 g/mol. The van der Waals surface area contributed by atoms with Crippen LogP contribution < -0.4 is 5.32 Å². The van der Waals surface area contributed by atoms with Gasteiger partial charge in [0.05, 0.1) is 12.0 Å². The Morgan fingerprint density at radius 1 is 1.20 bits per heavy atom. The van der Waals surface area contributed by atoms with Crippen LogP contribution in [0.2, 0.25) is 0 Å². The second kappa shape index (κ2) is 6.95. The molecule has 1 rings (SSSR count). The van der Waals surface area contributed by atoms with Crippen LogP contribution in [0.1, 0.15) is 59.3 Å². The van der Waals surface area contributed by atoms with Gasteiger partial charge in [0.25, 0.3) is 0 Å². The van der Waals surface area contributed by atoms with E-state index < -0.39 is 11.5 Å². The van der Waals surface area contributed by atoms with Gasteiger partial charge in [0.1, 0.15) is 0 Å². The summed E-state index contributed by atoms with van der Waals surface area (Å²) in [6.07, 6.45) is 4.69. The number of rotatable bonds is 5. The molecular formula is C15H28N2O3. The van der Waals surface area contributed by atoms with Crippen LogP contribution in [0.5, 0.6) is 0 Å². The maximum Gasteiger partial charge on any atom is 0.317 e. The molecule has 0 aromatic carbocycles. The van der Waals surface area contributed by atoms with Crippen LogP contribution in [0.3, 0.4) is 0 Å². The number of hydrogen-bond donors (Lipinski definition) is 2. The van der Waals surface area contributed by atoms with Crippen LogP contribution in [0.25, 0.3) is 0 Å². The van der Waals surface area contributed by atoms with E-state index in [0.717, 1.165) is 32.1 Å². The molecule has 1 atom stereocenters. The summed E-state index contributed by atoms with van der Waals surface area (Å²) in [5.74, 6) is -0.474. The first kappa shape index (κ1) is 16.8. The highest BCUT2D eigenvalue weighted by molar-refractivity contribution is 5.77. The van der Waals surface area contributed by atoms with Crippen LogP contribution in [0.4, 0.5) is 4.79 Å². The second-order valence-electron chi connectivity index (χ2n) is 6.40. The zero-order chi connectivity index (χ0) is 15.3. The van der Waals surface area contributed by atoms with Gasteiger partial charge in [-0.3, -0.25) is 4.79 Å². The lowest BCUT2D eigenvalue weighted by Gasteiger charge is -2.44. The lowest BCUT2D eigenvalue weighted by atomic mass is 9.78. The third-order valence-corrected chi connectivity index (χ3v) is 4.63. The molecule has 1 unspecified atom stereocenters. The number of carbonyl (C=O) groups is 2. The van der Waals surface area contributed by atoms with Gasteiger partial charge in [-0.25, -0.2) is 4.79 Å². The molecule has 2 amide bonds. The van der Waals surface area contributed by atoms with Crippen molar-refractivity contribution in [2.24, 2.45) is 5.92 Å². The number of urea groups is 1. The highest BCUT2D eigenvalue weighted by Crippen LogP contribution is 2.36. The van der Waals surface area contributed by atoms with Crippen molar-refractivity contribution in [3.8, 4) is 0 Å². The van der Waals surface area contributed by atoms with Crippen LogP contribution in [-0.2, 0) is 4.79 Å². The van der Waals surface area contributed by atoms with Gasteiger partial charge >= 0.3 is 12.0 Å². The summed E-state index contributed by atoms with van der Waals surface area (Å²) in [6, 6.07) is -0.0789. The molecule has 0 aliphatic heterocycles. The van der Waals surface area contributed by atoms with Gasteiger partial charge in [-0.05, 0) is 25.7 Å². The number of carboxylic acids is 1. The zero-order valence-electron chi connectivity index (χ0n) is 13.1. The third-order valence-electron chi connectivity index (χ3n) is 4.63. The number of amides is 2. The zero-order valence-corrected chi connectivity index (χ0v) is 13.1. The Morgan fingerprint density at radius 2 is 1.75 bits per heavy atom. The SMILES string of the molecule is CC(C)C(C)NC(=O)N(C)C1(CC(=O)O)CCCCC1. The second-order valence-corrected chi connectivity index (χ2v) is 6.40. The van der Waals surface area contributed by atoms with Crippen LogP contribution in [0, 0.1) is 5.92 Å². The van der Waals surface area contributed by atoms with Gasteiger partial charge in [-0.15, -0.1) is 0 Å². The van der Waals surface area contributed by atoms with Crippen molar-refractivity contribution < 1.29 is 14.7 Å². The monoisotopic (exact) mass is 284 g/mol. The topological polar surface area (TPSA) is 69.6 Å². The summed E-state index contributed by atoms with van der Waals surface area (Å²) in [7, 11) is 1.73. The maximum atomic E-state index is 12.4. The Labute approximate surface area is 121 Å². The van der Waals surface area contributed by atoms with Crippen molar-refractivity contribution in [2.75, 3.05) is 7.05 Å². The molecule has 1 aliphatic rings. The van der Waals surface area contributed by atoms with Gasteiger partial charge in [0.2, 0.25) is 0 Å². The number of nitrogens with one attached hydrogen (secondary N) is 1. The summed E-state index contributed by atoms with van der Waals surface area (Å²) in [4.78, 5) is 25.2. The molecule has 20 heavy (non-hydrogen) atoms. The van der Waals surface area contributed by atoms with E-state index in [1.54, 1.807) is 11.9 Å². The summed E-state index contributed by atoms with van der Waals surface area (Å²) in [5.41, 5.74) is -0.523. The number of nitrogens with zero attached hydrogens (tertiary/aromatic N) is 1. The number of carboxylic acid groups (broad SMARTS) is 1.